The molecule has 0 radical (unpaired) electrons. The highest BCUT2D eigenvalue weighted by Gasteiger charge is 2.42. The molecule has 3 heterocycles. The maximum Gasteiger partial charge on any atom is 0.0788 e. The number of nitrogens with zero attached hydrogens (tertiary/aromatic N) is 1. The molecule has 3 aliphatic heterocycles. The molecule has 5 heteroatoms. The largest absolute Gasteiger partial charge is 0.393 e. The van der Waals surface area contributed by atoms with Gasteiger partial charge in [-0.25, -0.2) is 0 Å². The molecule has 0 aliphatic carbocycles. The van der Waals surface area contributed by atoms with E-state index < -0.39 is 0 Å². The van der Waals surface area contributed by atoms with Crippen molar-refractivity contribution in [1.82, 2.24) is 4.90 Å². The second kappa shape index (κ2) is 6.34. The van der Waals surface area contributed by atoms with E-state index in [2.05, 4.69) is 23.6 Å². The van der Waals surface area contributed by atoms with Crippen molar-refractivity contribution in [3.8, 4) is 0 Å². The third-order valence-electron chi connectivity index (χ3n) is 5.88. The van der Waals surface area contributed by atoms with E-state index >= 15 is 0 Å². The lowest BCUT2D eigenvalue weighted by Crippen LogP contribution is -2.54. The topological polar surface area (TPSA) is 38.5 Å². The van der Waals surface area contributed by atoms with E-state index in [0.717, 1.165) is 32.5 Å². The van der Waals surface area contributed by atoms with Crippen molar-refractivity contribution in [2.45, 2.75) is 57.1 Å². The molecule has 3 saturated heterocycles. The summed E-state index contributed by atoms with van der Waals surface area (Å²) in [5.74, 6) is 2.54. The number of nitrogens with two attached hydrogens (primary N) is 1. The number of hydrogen-bond donors (Lipinski definition) is 1. The van der Waals surface area contributed by atoms with Crippen LogP contribution in [0.25, 0.3) is 0 Å². The van der Waals surface area contributed by atoms with E-state index in [4.69, 9.17) is 22.7 Å². The summed E-state index contributed by atoms with van der Waals surface area (Å²) < 4.78 is 6.23. The van der Waals surface area contributed by atoms with Crippen molar-refractivity contribution in [3.05, 3.63) is 0 Å². The zero-order valence-corrected chi connectivity index (χ0v) is 14.7. The zero-order chi connectivity index (χ0) is 14.9. The number of thiocarbonyl (C=S) groups is 1. The molecule has 0 aromatic heterocycles. The van der Waals surface area contributed by atoms with Crippen LogP contribution in [0.5, 0.6) is 0 Å². The Labute approximate surface area is 138 Å². The van der Waals surface area contributed by atoms with E-state index in [9.17, 15) is 0 Å². The highest BCUT2D eigenvalue weighted by molar-refractivity contribution is 7.99. The molecular formula is C16H28N2OS2. The van der Waals surface area contributed by atoms with Crippen LogP contribution < -0.4 is 5.73 Å². The Balaban J connectivity index is 1.59. The quantitative estimate of drug-likeness (QED) is 0.789. The normalized spacial score (nSPS) is 32.9. The first-order valence-corrected chi connectivity index (χ1v) is 9.85. The van der Waals surface area contributed by atoms with Crippen LogP contribution in [-0.2, 0) is 4.74 Å². The molecule has 0 aromatic carbocycles. The van der Waals surface area contributed by atoms with Crippen LogP contribution in [0.1, 0.15) is 45.4 Å². The van der Waals surface area contributed by atoms with Crippen LogP contribution in [0.2, 0.25) is 0 Å². The Morgan fingerprint density at radius 3 is 2.52 bits per heavy atom. The van der Waals surface area contributed by atoms with Crippen LogP contribution >= 0.6 is 24.0 Å². The lowest BCUT2D eigenvalue weighted by atomic mass is 9.78. The predicted molar refractivity (Wildman–Crippen MR) is 94.0 cm³/mol. The molecule has 1 atom stereocenters. The van der Waals surface area contributed by atoms with Crippen molar-refractivity contribution in [1.29, 1.82) is 0 Å². The molecule has 120 valence electrons. The predicted octanol–water partition coefficient (Wildman–Crippen LogP) is 2.82. The van der Waals surface area contributed by atoms with Gasteiger partial charge in [0, 0.05) is 18.1 Å². The minimum atomic E-state index is 0.0795. The van der Waals surface area contributed by atoms with Gasteiger partial charge >= 0.3 is 0 Å². The number of rotatable bonds is 2. The average molecular weight is 329 g/mol. The van der Waals surface area contributed by atoms with Crippen molar-refractivity contribution in [2.24, 2.45) is 11.1 Å². The van der Waals surface area contributed by atoms with Crippen LogP contribution in [0.15, 0.2) is 0 Å². The second-order valence-corrected chi connectivity index (χ2v) is 8.92. The Hall–Kier alpha value is 0.160. The molecule has 3 fully saturated rings. The van der Waals surface area contributed by atoms with Gasteiger partial charge in [-0.05, 0) is 63.1 Å². The van der Waals surface area contributed by atoms with E-state index in [1.165, 1.54) is 37.2 Å². The zero-order valence-electron chi connectivity index (χ0n) is 13.1. The molecule has 21 heavy (non-hydrogen) atoms. The lowest BCUT2D eigenvalue weighted by molar-refractivity contribution is -0.113. The molecule has 1 unspecified atom stereocenters. The van der Waals surface area contributed by atoms with Gasteiger partial charge in [-0.1, -0.05) is 19.1 Å². The van der Waals surface area contributed by atoms with Crippen LogP contribution in [-0.4, -0.2) is 52.7 Å². The third-order valence-corrected chi connectivity index (χ3v) is 7.36. The monoisotopic (exact) mass is 328 g/mol. The van der Waals surface area contributed by atoms with E-state index in [0.29, 0.717) is 11.0 Å². The minimum absolute atomic E-state index is 0.0795. The first kappa shape index (κ1) is 16.0. The lowest BCUT2D eigenvalue weighted by Gasteiger charge is -2.49. The molecule has 0 bridgehead atoms. The Morgan fingerprint density at radius 1 is 1.24 bits per heavy atom. The Morgan fingerprint density at radius 2 is 1.90 bits per heavy atom. The van der Waals surface area contributed by atoms with Gasteiger partial charge in [0.1, 0.15) is 0 Å². The van der Waals surface area contributed by atoms with Crippen LogP contribution in [0, 0.1) is 5.41 Å². The molecular weight excluding hydrogens is 300 g/mol. The SMILES string of the molecule is CC1(C(N)=S)CCN(C2CCOC3(CCSCC3)C2)CC1. The number of thioether (sulfide) groups is 1. The fourth-order valence-corrected chi connectivity index (χ4v) is 5.48. The van der Waals surface area contributed by atoms with Gasteiger partial charge in [0.05, 0.1) is 10.6 Å². The van der Waals surface area contributed by atoms with E-state index in [1.807, 2.05) is 0 Å². The number of likely N-dealkylation sites (tertiary alicyclic amines) is 1. The molecule has 0 amide bonds. The first-order chi connectivity index (χ1) is 10.0. The highest BCUT2D eigenvalue weighted by atomic mass is 32.2. The molecule has 3 nitrogen and oxygen atoms in total. The molecule has 1 spiro atoms. The summed E-state index contributed by atoms with van der Waals surface area (Å²) in [6.45, 7) is 5.46. The van der Waals surface area contributed by atoms with Gasteiger partial charge < -0.3 is 15.4 Å². The maximum absolute atomic E-state index is 6.23. The summed E-state index contributed by atoms with van der Waals surface area (Å²) in [6.07, 6.45) is 7.14. The van der Waals surface area contributed by atoms with Gasteiger partial charge in [-0.2, -0.15) is 11.8 Å². The molecule has 3 aliphatic rings. The number of piperidine rings is 1. The van der Waals surface area contributed by atoms with Gasteiger partial charge in [0.15, 0.2) is 0 Å². The Bertz CT molecular complexity index is 382. The summed E-state index contributed by atoms with van der Waals surface area (Å²) in [5.41, 5.74) is 6.20. The van der Waals surface area contributed by atoms with Gasteiger partial charge in [0.25, 0.3) is 0 Å². The van der Waals surface area contributed by atoms with E-state index in [-0.39, 0.29) is 11.0 Å². The van der Waals surface area contributed by atoms with Crippen molar-refractivity contribution in [2.75, 3.05) is 31.2 Å². The highest BCUT2D eigenvalue weighted by Crippen LogP contribution is 2.40. The van der Waals surface area contributed by atoms with Crippen molar-refractivity contribution < 1.29 is 4.74 Å². The fourth-order valence-electron chi connectivity index (χ4n) is 4.03. The number of hydrogen-bond acceptors (Lipinski definition) is 4. The third kappa shape index (κ3) is 3.41. The summed E-state index contributed by atoms with van der Waals surface area (Å²) in [5, 5.41) is 0. The molecule has 2 N–H and O–H groups in total. The van der Waals surface area contributed by atoms with Gasteiger partial charge in [-0.15, -0.1) is 0 Å². The summed E-state index contributed by atoms with van der Waals surface area (Å²) in [6, 6.07) is 0.706. The van der Waals surface area contributed by atoms with Gasteiger partial charge in [-0.3, -0.25) is 0 Å². The summed E-state index contributed by atoms with van der Waals surface area (Å²) in [7, 11) is 0. The van der Waals surface area contributed by atoms with Crippen molar-refractivity contribution in [3.63, 3.8) is 0 Å². The average Bonchev–Trinajstić information content (AvgIpc) is 2.49. The van der Waals surface area contributed by atoms with E-state index in [1.54, 1.807) is 0 Å². The van der Waals surface area contributed by atoms with Crippen molar-refractivity contribution >= 4 is 29.0 Å². The summed E-state index contributed by atoms with van der Waals surface area (Å²) >= 11 is 7.34. The maximum atomic E-state index is 6.23. The summed E-state index contributed by atoms with van der Waals surface area (Å²) in [4.78, 5) is 3.39. The molecule has 0 aromatic rings. The standard InChI is InChI=1S/C16H28N2OS2/c1-15(14(17)20)3-7-18(8-4-15)13-2-9-19-16(12-13)5-10-21-11-6-16/h13H,2-12H2,1H3,(H2,17,20). The van der Waals surface area contributed by atoms with Gasteiger partial charge in [0.2, 0.25) is 0 Å². The first-order valence-electron chi connectivity index (χ1n) is 8.29. The molecule has 3 rings (SSSR count). The Kier molecular flexibility index (Phi) is 4.84. The minimum Gasteiger partial charge on any atom is -0.393 e. The fraction of sp³-hybridized carbons (Fsp3) is 0.938. The van der Waals surface area contributed by atoms with Crippen LogP contribution in [0.3, 0.4) is 0 Å². The smallest absolute Gasteiger partial charge is 0.0788 e. The number of ether oxygens (including phenoxy) is 1. The molecule has 0 saturated carbocycles. The van der Waals surface area contributed by atoms with Crippen LogP contribution in [0.4, 0.5) is 0 Å². The second-order valence-electron chi connectivity index (χ2n) is 7.25.